The Morgan fingerprint density at radius 1 is 0.615 bits per heavy atom. The Morgan fingerprint density at radius 3 is 0.615 bits per heavy atom. The van der Waals surface area contributed by atoms with Crippen molar-refractivity contribution >= 4 is 20.8 Å². The zero-order chi connectivity index (χ0) is 9.00. The summed E-state index contributed by atoms with van der Waals surface area (Å²) in [6.45, 7) is 0. The van der Waals surface area contributed by atoms with Crippen LogP contribution in [0.1, 0.15) is 0 Å². The molecule has 0 rings (SSSR count). The maximum Gasteiger partial charge on any atom is 2.00 e. The topological polar surface area (TPSA) is 192 Å². The van der Waals surface area contributed by atoms with Crippen LogP contribution < -0.4 is 0 Å². The summed E-state index contributed by atoms with van der Waals surface area (Å²) in [5.41, 5.74) is 0. The number of rotatable bonds is 0. The van der Waals surface area contributed by atoms with E-state index in [-0.39, 0.29) is 39.6 Å². The summed E-state index contributed by atoms with van der Waals surface area (Å²) in [6, 6.07) is 0. The molecule has 0 aromatic rings. The molecule has 0 aliphatic rings. The summed E-state index contributed by atoms with van der Waals surface area (Å²) in [6.07, 6.45) is 0. The monoisotopic (exact) mass is 320 g/mol. The van der Waals surface area contributed by atoms with Gasteiger partial charge in [-0.15, -0.1) is 0 Å². The Labute approximate surface area is 95.3 Å². The SMILES string of the molecule is O.O=S(=O)([O-])[O-].O=S(=O)([O-])[O-].[Mn+2].[Mn+2]. The van der Waals surface area contributed by atoms with Crippen LogP contribution >= 0.6 is 0 Å². The van der Waals surface area contributed by atoms with E-state index < -0.39 is 20.8 Å². The maximum absolute atomic E-state index is 8.52. The van der Waals surface area contributed by atoms with Crippen LogP contribution in [0.3, 0.4) is 0 Å². The van der Waals surface area contributed by atoms with Gasteiger partial charge in [-0.05, 0) is 0 Å². The van der Waals surface area contributed by atoms with Gasteiger partial charge in [0.2, 0.25) is 0 Å². The first-order valence-corrected chi connectivity index (χ1v) is 4.00. The van der Waals surface area contributed by atoms with E-state index in [9.17, 15) is 0 Å². The van der Waals surface area contributed by atoms with Gasteiger partial charge < -0.3 is 23.7 Å². The smallest absolute Gasteiger partial charge is 0.759 e. The van der Waals surface area contributed by atoms with E-state index >= 15 is 0 Å². The normalized spacial score (nSPS) is 8.92. The molecule has 82 valence electrons. The zero-order valence-electron chi connectivity index (χ0n) is 5.34. The van der Waals surface area contributed by atoms with E-state index in [1.54, 1.807) is 0 Å². The second-order valence-electron chi connectivity index (χ2n) is 0.816. The molecule has 13 heavy (non-hydrogen) atoms. The molecule has 0 aromatic carbocycles. The molecule has 0 unspecified atom stereocenters. The predicted octanol–water partition coefficient (Wildman–Crippen LogP) is -3.51. The largest absolute Gasteiger partial charge is 2.00 e. The summed E-state index contributed by atoms with van der Waals surface area (Å²) >= 11 is 0. The molecule has 0 heterocycles. The van der Waals surface area contributed by atoms with Crippen molar-refractivity contribution in [3.8, 4) is 0 Å². The van der Waals surface area contributed by atoms with Crippen LogP contribution in [-0.4, -0.2) is 40.5 Å². The molecular weight excluding hydrogens is 318 g/mol. The van der Waals surface area contributed by atoms with Crippen LogP contribution in [0, 0.1) is 0 Å². The molecule has 0 spiro atoms. The molecular formula is H2Mn2O9S2. The van der Waals surface area contributed by atoms with Crippen LogP contribution in [0.15, 0.2) is 0 Å². The minimum atomic E-state index is -5.17. The quantitative estimate of drug-likeness (QED) is 0.249. The molecule has 0 atom stereocenters. The third-order valence-corrected chi connectivity index (χ3v) is 0. The average Bonchev–Trinajstić information content (AvgIpc) is 1.12. The van der Waals surface area contributed by atoms with E-state index in [4.69, 9.17) is 35.0 Å². The average molecular weight is 320 g/mol. The van der Waals surface area contributed by atoms with Crippen LogP contribution in [-0.2, 0) is 54.9 Å². The third-order valence-electron chi connectivity index (χ3n) is 0. The van der Waals surface area contributed by atoms with Gasteiger partial charge in [0.15, 0.2) is 0 Å². The summed E-state index contributed by atoms with van der Waals surface area (Å²) in [7, 11) is -10.3. The van der Waals surface area contributed by atoms with Crippen molar-refractivity contribution < 1.29 is 74.7 Å². The van der Waals surface area contributed by atoms with E-state index in [1.807, 2.05) is 0 Å². The Bertz CT molecular complexity index is 212. The Kier molecular flexibility index (Phi) is 24.3. The fraction of sp³-hybridized carbons (Fsp3) is 0. The van der Waals surface area contributed by atoms with Gasteiger partial charge in [-0.25, -0.2) is 0 Å². The molecule has 9 nitrogen and oxygen atoms in total. The van der Waals surface area contributed by atoms with E-state index in [1.165, 1.54) is 0 Å². The van der Waals surface area contributed by atoms with E-state index in [0.29, 0.717) is 0 Å². The van der Waals surface area contributed by atoms with Gasteiger partial charge in [0.1, 0.15) is 0 Å². The van der Waals surface area contributed by atoms with Gasteiger partial charge in [0.05, 0.1) is 0 Å². The van der Waals surface area contributed by atoms with Crippen molar-refractivity contribution in [3.63, 3.8) is 0 Å². The first-order valence-electron chi connectivity index (χ1n) is 1.33. The number of hydrogen-bond acceptors (Lipinski definition) is 8. The molecule has 0 bridgehead atoms. The molecule has 2 N–H and O–H groups in total. The molecule has 0 saturated heterocycles. The maximum atomic E-state index is 8.52. The molecule has 0 aromatic heterocycles. The van der Waals surface area contributed by atoms with Crippen molar-refractivity contribution in [2.45, 2.75) is 0 Å². The van der Waals surface area contributed by atoms with Gasteiger partial charge in [-0.2, -0.15) is 0 Å². The van der Waals surface area contributed by atoms with Gasteiger partial charge in [-0.3, -0.25) is 16.8 Å². The van der Waals surface area contributed by atoms with Crippen LogP contribution in [0.25, 0.3) is 0 Å². The van der Waals surface area contributed by atoms with Crippen molar-refractivity contribution in [1.82, 2.24) is 0 Å². The third kappa shape index (κ3) is 2690. The molecule has 13 heteroatoms. The molecule has 0 aliphatic carbocycles. The Balaban J connectivity index is -0.0000000267. The van der Waals surface area contributed by atoms with Gasteiger partial charge in [0.25, 0.3) is 0 Å². The predicted molar refractivity (Wildman–Crippen MR) is 24.6 cm³/mol. The number of hydrogen-bond donors (Lipinski definition) is 0. The molecule has 0 amide bonds. The summed E-state index contributed by atoms with van der Waals surface area (Å²) in [5, 5.41) is 0. The molecule has 2 radical (unpaired) electrons. The van der Waals surface area contributed by atoms with Crippen LogP contribution in [0.5, 0.6) is 0 Å². The zero-order valence-corrected chi connectivity index (χ0v) is 9.33. The minimum Gasteiger partial charge on any atom is -0.759 e. The molecule has 0 fully saturated rings. The fourth-order valence-corrected chi connectivity index (χ4v) is 0. The first kappa shape index (κ1) is 29.2. The van der Waals surface area contributed by atoms with Gasteiger partial charge in [0, 0.05) is 20.8 Å². The fourth-order valence-electron chi connectivity index (χ4n) is 0. The second kappa shape index (κ2) is 10.8. The summed E-state index contributed by atoms with van der Waals surface area (Å²) in [4.78, 5) is 0. The Morgan fingerprint density at radius 2 is 0.615 bits per heavy atom. The van der Waals surface area contributed by atoms with Gasteiger partial charge in [-0.1, -0.05) is 0 Å². The van der Waals surface area contributed by atoms with Crippen LogP contribution in [0.4, 0.5) is 0 Å². The van der Waals surface area contributed by atoms with Crippen molar-refractivity contribution in [1.29, 1.82) is 0 Å². The van der Waals surface area contributed by atoms with Crippen molar-refractivity contribution in [2.24, 2.45) is 0 Å². The second-order valence-corrected chi connectivity index (χ2v) is 2.45. The Hall–Kier alpha value is 0.739. The van der Waals surface area contributed by atoms with E-state index in [2.05, 4.69) is 0 Å². The van der Waals surface area contributed by atoms with Gasteiger partial charge >= 0.3 is 34.1 Å². The first-order chi connectivity index (χ1) is 4.00. The minimum absolute atomic E-state index is 0. The van der Waals surface area contributed by atoms with Crippen molar-refractivity contribution in [3.05, 3.63) is 0 Å². The standard InChI is InChI=1S/2Mn.2H2O4S.H2O/c;;2*1-5(2,3)4;/h;;2*(H2,1,2,3,4);1H2/q2*+2;;;/p-4. The molecule has 0 aliphatic heterocycles. The van der Waals surface area contributed by atoms with E-state index in [0.717, 1.165) is 0 Å². The summed E-state index contributed by atoms with van der Waals surface area (Å²) < 4.78 is 68.2. The van der Waals surface area contributed by atoms with Crippen molar-refractivity contribution in [2.75, 3.05) is 0 Å². The molecule has 0 saturated carbocycles. The summed E-state index contributed by atoms with van der Waals surface area (Å²) in [5.74, 6) is 0. The van der Waals surface area contributed by atoms with Crippen LogP contribution in [0.2, 0.25) is 0 Å².